The van der Waals surface area contributed by atoms with Crippen molar-refractivity contribution in [2.24, 2.45) is 16.7 Å². The molecule has 1 rings (SSSR count). The van der Waals surface area contributed by atoms with Crippen molar-refractivity contribution in [1.29, 1.82) is 0 Å². The van der Waals surface area contributed by atoms with E-state index < -0.39 is 0 Å². The van der Waals surface area contributed by atoms with Crippen LogP contribution in [-0.4, -0.2) is 26.4 Å². The van der Waals surface area contributed by atoms with Crippen molar-refractivity contribution in [3.05, 3.63) is 0 Å². The summed E-state index contributed by atoms with van der Waals surface area (Å²) in [5.74, 6) is 0.713. The minimum atomic E-state index is 0.234. The van der Waals surface area contributed by atoms with Crippen LogP contribution in [0.3, 0.4) is 0 Å². The molecule has 0 aromatic rings. The Kier molecular flexibility index (Phi) is 4.81. The number of hydrogen-bond donors (Lipinski definition) is 0. The lowest BCUT2D eigenvalue weighted by atomic mass is 9.70. The number of hydrogen-bond acceptors (Lipinski definition) is 2. The summed E-state index contributed by atoms with van der Waals surface area (Å²) in [5.41, 5.74) is 0.529. The van der Waals surface area contributed by atoms with Crippen LogP contribution in [0.2, 0.25) is 0 Å². The molecule has 0 aliphatic carbocycles. The molecule has 0 spiro atoms. The molecule has 0 aromatic heterocycles. The molecule has 1 fully saturated rings. The zero-order chi connectivity index (χ0) is 12.2. The van der Waals surface area contributed by atoms with E-state index in [1.54, 1.807) is 0 Å². The van der Waals surface area contributed by atoms with E-state index in [9.17, 15) is 0 Å². The number of ether oxygens (including phenoxy) is 2. The quantitative estimate of drug-likeness (QED) is 0.733. The smallest absolute Gasteiger partial charge is 0.0522 e. The van der Waals surface area contributed by atoms with Gasteiger partial charge in [0.1, 0.15) is 0 Å². The first kappa shape index (κ1) is 14.0. The summed E-state index contributed by atoms with van der Waals surface area (Å²) in [6.07, 6.45) is 2.33. The van der Waals surface area contributed by atoms with Crippen LogP contribution in [0.25, 0.3) is 0 Å². The normalized spacial score (nSPS) is 20.1. The first-order valence-corrected chi connectivity index (χ1v) is 6.48. The first-order valence-electron chi connectivity index (χ1n) is 6.48. The van der Waals surface area contributed by atoms with E-state index >= 15 is 0 Å². The topological polar surface area (TPSA) is 18.5 Å². The van der Waals surface area contributed by atoms with Gasteiger partial charge in [0.15, 0.2) is 0 Å². The second-order valence-electron chi connectivity index (χ2n) is 6.70. The highest BCUT2D eigenvalue weighted by molar-refractivity contribution is 4.82. The lowest BCUT2D eigenvalue weighted by molar-refractivity contribution is -0.0318. The van der Waals surface area contributed by atoms with Crippen molar-refractivity contribution in [2.75, 3.05) is 26.4 Å². The van der Waals surface area contributed by atoms with Crippen LogP contribution in [0.1, 0.15) is 47.5 Å². The minimum Gasteiger partial charge on any atom is -0.381 e. The lowest BCUT2D eigenvalue weighted by Gasteiger charge is -2.39. The van der Waals surface area contributed by atoms with Gasteiger partial charge in [-0.15, -0.1) is 0 Å². The van der Waals surface area contributed by atoms with Crippen LogP contribution in [-0.2, 0) is 9.47 Å². The van der Waals surface area contributed by atoms with Gasteiger partial charge in [-0.3, -0.25) is 0 Å². The Morgan fingerprint density at radius 1 is 1.06 bits per heavy atom. The van der Waals surface area contributed by atoms with E-state index in [0.29, 0.717) is 11.3 Å². The Balaban J connectivity index is 2.23. The van der Waals surface area contributed by atoms with Crippen molar-refractivity contribution in [3.63, 3.8) is 0 Å². The van der Waals surface area contributed by atoms with Crippen LogP contribution >= 0.6 is 0 Å². The predicted octanol–water partition coefficient (Wildman–Crippen LogP) is 3.50. The number of rotatable bonds is 4. The summed E-state index contributed by atoms with van der Waals surface area (Å²) in [5, 5.41) is 0. The maximum Gasteiger partial charge on any atom is 0.0522 e. The van der Waals surface area contributed by atoms with Crippen LogP contribution in [0.4, 0.5) is 0 Å². The molecule has 0 atom stereocenters. The summed E-state index contributed by atoms with van der Waals surface area (Å²) in [4.78, 5) is 0. The molecule has 0 radical (unpaired) electrons. The molecule has 0 unspecified atom stereocenters. The molecule has 1 heterocycles. The Morgan fingerprint density at radius 2 is 1.62 bits per heavy atom. The summed E-state index contributed by atoms with van der Waals surface area (Å²) in [7, 11) is 0. The van der Waals surface area contributed by atoms with Crippen molar-refractivity contribution in [3.8, 4) is 0 Å². The minimum absolute atomic E-state index is 0.234. The van der Waals surface area contributed by atoms with E-state index in [1.165, 1.54) is 0 Å². The zero-order valence-corrected chi connectivity index (χ0v) is 11.6. The highest BCUT2D eigenvalue weighted by Crippen LogP contribution is 2.38. The fourth-order valence-corrected chi connectivity index (χ4v) is 1.61. The van der Waals surface area contributed by atoms with Gasteiger partial charge in [0, 0.05) is 19.8 Å². The Hall–Kier alpha value is -0.0800. The Morgan fingerprint density at radius 3 is 2.12 bits per heavy atom. The van der Waals surface area contributed by atoms with E-state index in [-0.39, 0.29) is 5.41 Å². The SMILES string of the molecule is CC(C)(C)C(C)(C)COCC1CCOCC1. The second-order valence-corrected chi connectivity index (χ2v) is 6.70. The predicted molar refractivity (Wildman–Crippen MR) is 67.6 cm³/mol. The van der Waals surface area contributed by atoms with Gasteiger partial charge in [-0.25, -0.2) is 0 Å². The van der Waals surface area contributed by atoms with Crippen LogP contribution in [0.5, 0.6) is 0 Å². The van der Waals surface area contributed by atoms with Gasteiger partial charge in [-0.05, 0) is 29.6 Å². The van der Waals surface area contributed by atoms with E-state index in [4.69, 9.17) is 9.47 Å². The molecule has 1 saturated heterocycles. The van der Waals surface area contributed by atoms with E-state index in [2.05, 4.69) is 34.6 Å². The molecule has 0 bridgehead atoms. The zero-order valence-electron chi connectivity index (χ0n) is 11.6. The molecule has 2 nitrogen and oxygen atoms in total. The average molecular weight is 228 g/mol. The fourth-order valence-electron chi connectivity index (χ4n) is 1.61. The van der Waals surface area contributed by atoms with Gasteiger partial charge in [-0.2, -0.15) is 0 Å². The summed E-state index contributed by atoms with van der Waals surface area (Å²) in [6.45, 7) is 15.0. The van der Waals surface area contributed by atoms with Gasteiger partial charge in [0.05, 0.1) is 6.61 Å². The molecule has 96 valence electrons. The van der Waals surface area contributed by atoms with E-state index in [1.807, 2.05) is 0 Å². The maximum atomic E-state index is 5.91. The second kappa shape index (κ2) is 5.50. The van der Waals surface area contributed by atoms with Gasteiger partial charge in [0.25, 0.3) is 0 Å². The molecule has 1 aliphatic rings. The van der Waals surface area contributed by atoms with Crippen LogP contribution < -0.4 is 0 Å². The Bertz CT molecular complexity index is 197. The van der Waals surface area contributed by atoms with Gasteiger partial charge < -0.3 is 9.47 Å². The molecule has 0 N–H and O–H groups in total. The molecular formula is C14H28O2. The van der Waals surface area contributed by atoms with Crippen molar-refractivity contribution >= 4 is 0 Å². The molecule has 0 saturated carbocycles. The third kappa shape index (κ3) is 4.06. The highest BCUT2D eigenvalue weighted by Gasteiger charge is 2.33. The summed E-state index contributed by atoms with van der Waals surface area (Å²) >= 11 is 0. The lowest BCUT2D eigenvalue weighted by Crippen LogP contribution is -2.35. The standard InChI is InChI=1S/C14H28O2/c1-13(2,3)14(4,5)11-16-10-12-6-8-15-9-7-12/h12H,6-11H2,1-5H3. The largest absolute Gasteiger partial charge is 0.381 e. The average Bonchev–Trinajstić information content (AvgIpc) is 2.17. The third-order valence-electron chi connectivity index (χ3n) is 4.19. The Labute approximate surface area is 101 Å². The molecule has 0 amide bonds. The van der Waals surface area contributed by atoms with Gasteiger partial charge in [-0.1, -0.05) is 34.6 Å². The van der Waals surface area contributed by atoms with Crippen LogP contribution in [0.15, 0.2) is 0 Å². The summed E-state index contributed by atoms with van der Waals surface area (Å²) < 4.78 is 11.3. The molecule has 0 aromatic carbocycles. The third-order valence-corrected chi connectivity index (χ3v) is 4.19. The molecule has 16 heavy (non-hydrogen) atoms. The highest BCUT2D eigenvalue weighted by atomic mass is 16.5. The molecule has 1 aliphatic heterocycles. The van der Waals surface area contributed by atoms with Crippen molar-refractivity contribution < 1.29 is 9.47 Å². The maximum absolute atomic E-state index is 5.91. The van der Waals surface area contributed by atoms with Crippen molar-refractivity contribution in [2.45, 2.75) is 47.5 Å². The fraction of sp³-hybridized carbons (Fsp3) is 1.00. The van der Waals surface area contributed by atoms with Gasteiger partial charge >= 0.3 is 0 Å². The molecular weight excluding hydrogens is 200 g/mol. The summed E-state index contributed by atoms with van der Waals surface area (Å²) in [6, 6.07) is 0. The molecule has 2 heteroatoms. The van der Waals surface area contributed by atoms with E-state index in [0.717, 1.165) is 39.3 Å². The first-order chi connectivity index (χ1) is 7.33. The van der Waals surface area contributed by atoms with Crippen LogP contribution in [0, 0.1) is 16.7 Å². The van der Waals surface area contributed by atoms with Gasteiger partial charge in [0.2, 0.25) is 0 Å². The van der Waals surface area contributed by atoms with Crippen molar-refractivity contribution in [1.82, 2.24) is 0 Å². The monoisotopic (exact) mass is 228 g/mol.